The third kappa shape index (κ3) is 1.76. The van der Waals surface area contributed by atoms with Gasteiger partial charge < -0.3 is 15.2 Å². The van der Waals surface area contributed by atoms with Crippen molar-refractivity contribution in [3.8, 4) is 0 Å². The van der Waals surface area contributed by atoms with Crippen molar-refractivity contribution in [2.75, 3.05) is 19.6 Å². The highest BCUT2D eigenvalue weighted by Crippen LogP contribution is 2.28. The Morgan fingerprint density at radius 3 is 3.00 bits per heavy atom. The molecule has 1 amide bonds. The molecule has 2 aliphatic rings. The minimum absolute atomic E-state index is 0.0254. The van der Waals surface area contributed by atoms with Crippen molar-refractivity contribution in [3.63, 3.8) is 0 Å². The van der Waals surface area contributed by atoms with E-state index < -0.39 is 0 Å². The van der Waals surface area contributed by atoms with E-state index in [1.54, 1.807) is 6.07 Å². The Morgan fingerprint density at radius 1 is 1.35 bits per heavy atom. The van der Waals surface area contributed by atoms with Gasteiger partial charge in [-0.25, -0.2) is 0 Å². The highest BCUT2D eigenvalue weighted by Gasteiger charge is 2.39. The Labute approximate surface area is 98.8 Å². The van der Waals surface area contributed by atoms with Crippen LogP contribution in [0.3, 0.4) is 0 Å². The van der Waals surface area contributed by atoms with Gasteiger partial charge in [-0.2, -0.15) is 0 Å². The number of aromatic nitrogens is 1. The molecule has 2 atom stereocenters. The summed E-state index contributed by atoms with van der Waals surface area (Å²) in [5, 5.41) is 3.32. The van der Waals surface area contributed by atoms with Crippen molar-refractivity contribution < 1.29 is 4.79 Å². The largest absolute Gasteiger partial charge is 0.334 e. The van der Waals surface area contributed by atoms with E-state index in [0.29, 0.717) is 17.5 Å². The number of hydrogen-bond acceptors (Lipinski definition) is 3. The molecule has 2 aliphatic heterocycles. The molecule has 0 spiro atoms. The van der Waals surface area contributed by atoms with Crippen molar-refractivity contribution >= 4 is 5.91 Å². The lowest BCUT2D eigenvalue weighted by Crippen LogP contribution is -2.39. The number of likely N-dealkylation sites (tertiary alicyclic amines) is 1. The summed E-state index contributed by atoms with van der Waals surface area (Å²) >= 11 is 0. The van der Waals surface area contributed by atoms with Gasteiger partial charge in [0.15, 0.2) is 0 Å². The van der Waals surface area contributed by atoms with E-state index in [9.17, 15) is 9.59 Å². The summed E-state index contributed by atoms with van der Waals surface area (Å²) < 4.78 is 0. The second kappa shape index (κ2) is 4.00. The maximum Gasteiger partial charge on any atom is 0.255 e. The smallest absolute Gasteiger partial charge is 0.255 e. The van der Waals surface area contributed by atoms with Crippen molar-refractivity contribution in [1.29, 1.82) is 0 Å². The van der Waals surface area contributed by atoms with Crippen LogP contribution in [-0.4, -0.2) is 41.5 Å². The lowest BCUT2D eigenvalue weighted by molar-refractivity contribution is 0.0736. The fraction of sp³-hybridized carbons (Fsp3) is 0.500. The monoisotopic (exact) mass is 233 g/mol. The van der Waals surface area contributed by atoms with Crippen molar-refractivity contribution in [2.45, 2.75) is 12.5 Å². The molecule has 2 N–H and O–H groups in total. The third-order valence-corrected chi connectivity index (χ3v) is 3.74. The molecule has 0 aliphatic carbocycles. The van der Waals surface area contributed by atoms with Gasteiger partial charge in [0.1, 0.15) is 0 Å². The van der Waals surface area contributed by atoms with Crippen molar-refractivity contribution in [1.82, 2.24) is 15.2 Å². The Morgan fingerprint density at radius 2 is 2.24 bits per heavy atom. The van der Waals surface area contributed by atoms with E-state index in [1.165, 1.54) is 12.3 Å². The highest BCUT2D eigenvalue weighted by atomic mass is 16.2. The Hall–Kier alpha value is -1.62. The van der Waals surface area contributed by atoms with E-state index >= 15 is 0 Å². The molecule has 5 heteroatoms. The number of H-pyrrole nitrogens is 1. The predicted molar refractivity (Wildman–Crippen MR) is 62.9 cm³/mol. The quantitative estimate of drug-likeness (QED) is 0.706. The lowest BCUT2D eigenvalue weighted by Gasteiger charge is -2.23. The van der Waals surface area contributed by atoms with Crippen LogP contribution in [0.1, 0.15) is 16.8 Å². The minimum Gasteiger partial charge on any atom is -0.334 e. The molecule has 1 aromatic rings. The van der Waals surface area contributed by atoms with Crippen LogP contribution >= 0.6 is 0 Å². The highest BCUT2D eigenvalue weighted by molar-refractivity contribution is 5.94. The van der Waals surface area contributed by atoms with Crippen LogP contribution in [0.15, 0.2) is 23.1 Å². The summed E-state index contributed by atoms with van der Waals surface area (Å²) in [6, 6.07) is 3.32. The zero-order valence-corrected chi connectivity index (χ0v) is 9.48. The zero-order valence-electron chi connectivity index (χ0n) is 9.48. The van der Waals surface area contributed by atoms with Crippen LogP contribution in [-0.2, 0) is 0 Å². The fourth-order valence-corrected chi connectivity index (χ4v) is 2.81. The van der Waals surface area contributed by atoms with E-state index in [-0.39, 0.29) is 11.5 Å². The molecular formula is C12H15N3O2. The maximum atomic E-state index is 12.3. The topological polar surface area (TPSA) is 65.2 Å². The van der Waals surface area contributed by atoms with Crippen molar-refractivity contribution in [3.05, 3.63) is 34.2 Å². The standard InChI is InChI=1S/C12H15N3O2/c16-11-2-1-9(6-14-11)12(17)15-4-3-8-5-13-7-10(8)15/h1-2,6,8,10,13H,3-5,7H2,(H,14,16)/t8-,10+/m0/s1. The number of nitrogens with zero attached hydrogens (tertiary/aromatic N) is 1. The predicted octanol–water partition coefficient (Wildman–Crippen LogP) is -0.191. The number of rotatable bonds is 1. The molecule has 0 radical (unpaired) electrons. The summed E-state index contributed by atoms with van der Waals surface area (Å²) in [4.78, 5) is 27.7. The molecule has 17 heavy (non-hydrogen) atoms. The Balaban J connectivity index is 1.82. The molecule has 3 heterocycles. The molecule has 0 aromatic carbocycles. The van der Waals surface area contributed by atoms with Crippen molar-refractivity contribution in [2.24, 2.45) is 5.92 Å². The molecule has 90 valence electrons. The summed E-state index contributed by atoms with van der Waals surface area (Å²) in [5.41, 5.74) is 0.389. The number of pyridine rings is 1. The zero-order chi connectivity index (χ0) is 11.8. The molecule has 2 fully saturated rings. The summed E-state index contributed by atoms with van der Waals surface area (Å²) in [5.74, 6) is 0.624. The SMILES string of the molecule is O=C(c1ccc(=O)[nH]c1)N1CC[C@H]2CNC[C@H]21. The number of hydrogen-bond donors (Lipinski definition) is 2. The van der Waals surface area contributed by atoms with E-state index in [0.717, 1.165) is 26.1 Å². The Bertz CT molecular complexity index is 476. The maximum absolute atomic E-state index is 12.3. The minimum atomic E-state index is -0.177. The number of amides is 1. The van der Waals surface area contributed by atoms with Gasteiger partial charge >= 0.3 is 0 Å². The van der Waals surface area contributed by atoms with E-state index in [2.05, 4.69) is 10.3 Å². The summed E-state index contributed by atoms with van der Waals surface area (Å²) in [6.45, 7) is 2.73. The molecule has 0 unspecified atom stereocenters. The van der Waals surface area contributed by atoms with Gasteiger partial charge in [-0.05, 0) is 18.4 Å². The summed E-state index contributed by atoms with van der Waals surface area (Å²) in [6.07, 6.45) is 2.58. The first-order chi connectivity index (χ1) is 8.25. The van der Waals surface area contributed by atoms with Crippen LogP contribution in [0.25, 0.3) is 0 Å². The number of aromatic amines is 1. The first kappa shape index (κ1) is 10.5. The van der Waals surface area contributed by atoms with Crippen LogP contribution < -0.4 is 10.9 Å². The summed E-state index contributed by atoms with van der Waals surface area (Å²) in [7, 11) is 0. The molecule has 0 saturated carbocycles. The molecule has 1 aromatic heterocycles. The van der Waals surface area contributed by atoms with Gasteiger partial charge in [-0.15, -0.1) is 0 Å². The van der Waals surface area contributed by atoms with Gasteiger partial charge in [-0.1, -0.05) is 0 Å². The number of carbonyl (C=O) groups is 1. The van der Waals surface area contributed by atoms with E-state index in [1.807, 2.05) is 4.90 Å². The van der Waals surface area contributed by atoms with Crippen LogP contribution in [0.4, 0.5) is 0 Å². The fourth-order valence-electron chi connectivity index (χ4n) is 2.81. The average Bonchev–Trinajstić information content (AvgIpc) is 2.90. The Kier molecular flexibility index (Phi) is 2.48. The third-order valence-electron chi connectivity index (χ3n) is 3.74. The first-order valence-corrected chi connectivity index (χ1v) is 5.96. The molecular weight excluding hydrogens is 218 g/mol. The normalized spacial score (nSPS) is 27.2. The molecule has 5 nitrogen and oxygen atoms in total. The van der Waals surface area contributed by atoms with Gasteiger partial charge in [0.2, 0.25) is 5.56 Å². The lowest BCUT2D eigenvalue weighted by atomic mass is 10.1. The van der Waals surface area contributed by atoms with E-state index in [4.69, 9.17) is 0 Å². The first-order valence-electron chi connectivity index (χ1n) is 5.96. The van der Waals surface area contributed by atoms with Gasteiger partial charge in [-0.3, -0.25) is 9.59 Å². The second-order valence-corrected chi connectivity index (χ2v) is 4.71. The molecule has 2 saturated heterocycles. The van der Waals surface area contributed by atoms with Gasteiger partial charge in [0.05, 0.1) is 5.56 Å². The number of carbonyl (C=O) groups excluding carboxylic acids is 1. The van der Waals surface area contributed by atoms with Gasteiger partial charge in [0.25, 0.3) is 5.91 Å². The van der Waals surface area contributed by atoms with Crippen LogP contribution in [0.2, 0.25) is 0 Å². The molecule has 3 rings (SSSR count). The van der Waals surface area contributed by atoms with Crippen LogP contribution in [0, 0.1) is 5.92 Å². The van der Waals surface area contributed by atoms with Gasteiger partial charge in [0, 0.05) is 37.9 Å². The van der Waals surface area contributed by atoms with Crippen LogP contribution in [0.5, 0.6) is 0 Å². The second-order valence-electron chi connectivity index (χ2n) is 4.71. The average molecular weight is 233 g/mol. The molecule has 0 bridgehead atoms. The number of nitrogens with one attached hydrogen (secondary N) is 2. The number of fused-ring (bicyclic) bond motifs is 1.